The van der Waals surface area contributed by atoms with E-state index in [-0.39, 0.29) is 29.0 Å². The van der Waals surface area contributed by atoms with Crippen LogP contribution in [0.1, 0.15) is 18.3 Å². The zero-order valence-corrected chi connectivity index (χ0v) is 19.4. The van der Waals surface area contributed by atoms with Gasteiger partial charge >= 0.3 is 0 Å². The van der Waals surface area contributed by atoms with Crippen LogP contribution in [0.4, 0.5) is 11.4 Å². The predicted octanol–water partition coefficient (Wildman–Crippen LogP) is 4.90. The molecule has 0 spiro atoms. The predicted molar refractivity (Wildman–Crippen MR) is 128 cm³/mol. The van der Waals surface area contributed by atoms with Crippen molar-refractivity contribution in [3.8, 4) is 5.75 Å². The molecule has 0 aliphatic carbocycles. The lowest BCUT2D eigenvalue weighted by molar-refractivity contribution is -0.384. The number of nitro groups is 1. The smallest absolute Gasteiger partial charge is 0.271 e. The van der Waals surface area contributed by atoms with Gasteiger partial charge < -0.3 is 10.1 Å². The molecular weight excluding hydrogens is 466 g/mol. The number of amides is 1. The SMILES string of the molecule is C=CCn1c(COc2ccc(CC)cc2)nnc1SCC(=O)Nc1ccc([N+](=O)[O-])cc1Cl. The summed E-state index contributed by atoms with van der Waals surface area (Å²) < 4.78 is 7.65. The molecule has 1 aromatic heterocycles. The number of carbonyl (C=O) groups is 1. The molecule has 0 radical (unpaired) electrons. The number of carbonyl (C=O) groups excluding carboxylic acids is 1. The number of nitro benzene ring substituents is 1. The van der Waals surface area contributed by atoms with Gasteiger partial charge in [0.15, 0.2) is 11.0 Å². The average molecular weight is 488 g/mol. The molecule has 0 fully saturated rings. The number of aryl methyl sites for hydroxylation is 1. The summed E-state index contributed by atoms with van der Waals surface area (Å²) in [5.74, 6) is 1.05. The third kappa shape index (κ3) is 6.56. The Morgan fingerprint density at radius 3 is 2.70 bits per heavy atom. The maximum Gasteiger partial charge on any atom is 0.271 e. The van der Waals surface area contributed by atoms with E-state index in [9.17, 15) is 14.9 Å². The molecule has 1 amide bonds. The Morgan fingerprint density at radius 1 is 1.30 bits per heavy atom. The minimum absolute atomic E-state index is 0.0436. The molecule has 0 aliphatic rings. The van der Waals surface area contributed by atoms with Crippen molar-refractivity contribution in [3.63, 3.8) is 0 Å². The summed E-state index contributed by atoms with van der Waals surface area (Å²) >= 11 is 7.23. The normalized spacial score (nSPS) is 10.6. The molecule has 3 rings (SSSR count). The van der Waals surface area contributed by atoms with Gasteiger partial charge in [0.25, 0.3) is 5.69 Å². The van der Waals surface area contributed by atoms with Crippen molar-refractivity contribution in [1.82, 2.24) is 14.8 Å². The van der Waals surface area contributed by atoms with Crippen LogP contribution in [0.2, 0.25) is 5.02 Å². The van der Waals surface area contributed by atoms with Crippen molar-refractivity contribution in [2.75, 3.05) is 11.1 Å². The number of halogens is 1. The molecule has 1 N–H and O–H groups in total. The summed E-state index contributed by atoms with van der Waals surface area (Å²) in [6.45, 7) is 6.53. The Bertz CT molecular complexity index is 1150. The maximum absolute atomic E-state index is 12.4. The van der Waals surface area contributed by atoms with Gasteiger partial charge in [0.2, 0.25) is 5.91 Å². The second-order valence-corrected chi connectivity index (χ2v) is 8.19. The minimum atomic E-state index is -0.554. The Kier molecular flexibility index (Phi) is 8.45. The molecule has 172 valence electrons. The Hall–Kier alpha value is -3.37. The monoisotopic (exact) mass is 487 g/mol. The number of nitrogens with zero attached hydrogens (tertiary/aromatic N) is 4. The van der Waals surface area contributed by atoms with Crippen molar-refractivity contribution >= 4 is 40.6 Å². The van der Waals surface area contributed by atoms with Gasteiger partial charge in [0, 0.05) is 18.7 Å². The average Bonchev–Trinajstić information content (AvgIpc) is 3.19. The van der Waals surface area contributed by atoms with Crippen LogP contribution < -0.4 is 10.1 Å². The fourth-order valence-electron chi connectivity index (χ4n) is 2.85. The third-order valence-electron chi connectivity index (χ3n) is 4.57. The summed E-state index contributed by atoms with van der Waals surface area (Å²) in [7, 11) is 0. The van der Waals surface area contributed by atoms with Crippen LogP contribution in [0.25, 0.3) is 0 Å². The molecule has 33 heavy (non-hydrogen) atoms. The topological polar surface area (TPSA) is 112 Å². The second kappa shape index (κ2) is 11.5. The number of benzene rings is 2. The van der Waals surface area contributed by atoms with Gasteiger partial charge in [-0.2, -0.15) is 0 Å². The number of hydrogen-bond donors (Lipinski definition) is 1. The lowest BCUT2D eigenvalue weighted by Crippen LogP contribution is -2.15. The molecule has 0 aliphatic heterocycles. The van der Waals surface area contributed by atoms with Crippen molar-refractivity contribution in [1.29, 1.82) is 0 Å². The van der Waals surface area contributed by atoms with Gasteiger partial charge in [-0.15, -0.1) is 16.8 Å². The van der Waals surface area contributed by atoms with E-state index in [4.69, 9.17) is 16.3 Å². The number of rotatable bonds is 11. The highest BCUT2D eigenvalue weighted by Crippen LogP contribution is 2.27. The molecule has 3 aromatic rings. The van der Waals surface area contributed by atoms with E-state index in [0.717, 1.165) is 12.2 Å². The summed E-state index contributed by atoms with van der Waals surface area (Å²) in [6, 6.07) is 11.7. The molecule has 2 aromatic carbocycles. The maximum atomic E-state index is 12.4. The quantitative estimate of drug-likeness (QED) is 0.177. The summed E-state index contributed by atoms with van der Waals surface area (Å²) in [6.07, 6.45) is 2.67. The Labute approximate surface area is 200 Å². The minimum Gasteiger partial charge on any atom is -0.486 e. The fraction of sp³-hybridized carbons (Fsp3) is 0.227. The van der Waals surface area contributed by atoms with Gasteiger partial charge in [-0.3, -0.25) is 19.5 Å². The van der Waals surface area contributed by atoms with E-state index in [1.54, 1.807) is 6.08 Å². The first kappa shape index (κ1) is 24.3. The largest absolute Gasteiger partial charge is 0.486 e. The second-order valence-electron chi connectivity index (χ2n) is 6.84. The molecular formula is C22H22ClN5O4S. The van der Waals surface area contributed by atoms with Crippen LogP contribution in [-0.2, 0) is 24.4 Å². The van der Waals surface area contributed by atoms with E-state index >= 15 is 0 Å². The van der Waals surface area contributed by atoms with E-state index in [2.05, 4.69) is 29.0 Å². The number of allylic oxidation sites excluding steroid dienone is 1. The fourth-order valence-corrected chi connectivity index (χ4v) is 3.84. The highest BCUT2D eigenvalue weighted by molar-refractivity contribution is 7.99. The first-order valence-corrected chi connectivity index (χ1v) is 11.4. The number of thioether (sulfide) groups is 1. The number of hydrogen-bond acceptors (Lipinski definition) is 7. The number of non-ortho nitro benzene ring substituents is 1. The number of nitrogens with one attached hydrogen (secondary N) is 1. The van der Waals surface area contributed by atoms with Crippen LogP contribution in [-0.4, -0.2) is 31.3 Å². The molecule has 0 saturated carbocycles. The van der Waals surface area contributed by atoms with Gasteiger partial charge in [-0.1, -0.05) is 48.5 Å². The molecule has 0 saturated heterocycles. The first-order valence-electron chi connectivity index (χ1n) is 10.0. The van der Waals surface area contributed by atoms with Crippen LogP contribution in [0, 0.1) is 10.1 Å². The van der Waals surface area contributed by atoms with E-state index in [0.29, 0.717) is 23.2 Å². The van der Waals surface area contributed by atoms with E-state index in [1.807, 2.05) is 28.8 Å². The van der Waals surface area contributed by atoms with Crippen LogP contribution in [0.5, 0.6) is 5.75 Å². The van der Waals surface area contributed by atoms with Crippen molar-refractivity contribution in [3.05, 3.63) is 81.6 Å². The van der Waals surface area contributed by atoms with Crippen LogP contribution in [0.3, 0.4) is 0 Å². The Morgan fingerprint density at radius 2 is 2.06 bits per heavy atom. The zero-order chi connectivity index (χ0) is 23.8. The zero-order valence-electron chi connectivity index (χ0n) is 17.9. The van der Waals surface area contributed by atoms with Crippen molar-refractivity contribution < 1.29 is 14.5 Å². The van der Waals surface area contributed by atoms with Crippen molar-refractivity contribution in [2.24, 2.45) is 0 Å². The number of ether oxygens (including phenoxy) is 1. The first-order chi connectivity index (χ1) is 15.9. The molecule has 1 heterocycles. The molecule has 0 atom stereocenters. The van der Waals surface area contributed by atoms with Crippen molar-refractivity contribution in [2.45, 2.75) is 31.7 Å². The highest BCUT2D eigenvalue weighted by Gasteiger charge is 2.16. The summed E-state index contributed by atoms with van der Waals surface area (Å²) in [5, 5.41) is 22.4. The van der Waals surface area contributed by atoms with Gasteiger partial charge in [-0.05, 0) is 30.2 Å². The van der Waals surface area contributed by atoms with Gasteiger partial charge in [-0.25, -0.2) is 0 Å². The van der Waals surface area contributed by atoms with E-state index in [1.165, 1.54) is 35.5 Å². The summed E-state index contributed by atoms with van der Waals surface area (Å²) in [5.41, 5.74) is 1.37. The van der Waals surface area contributed by atoms with E-state index < -0.39 is 4.92 Å². The van der Waals surface area contributed by atoms with Crippen LogP contribution >= 0.6 is 23.4 Å². The van der Waals surface area contributed by atoms with Crippen LogP contribution in [0.15, 0.2) is 60.3 Å². The summed E-state index contributed by atoms with van der Waals surface area (Å²) in [4.78, 5) is 22.6. The molecule has 0 bridgehead atoms. The van der Waals surface area contributed by atoms with Gasteiger partial charge in [0.1, 0.15) is 12.4 Å². The lowest BCUT2D eigenvalue weighted by Gasteiger charge is -2.10. The third-order valence-corrected chi connectivity index (χ3v) is 5.85. The standard InChI is InChI=1S/C22H22ClN5O4S/c1-3-11-27-20(13-32-17-8-5-15(4-2)6-9-17)25-26-22(27)33-14-21(29)24-19-10-7-16(28(30)31)12-18(19)23/h3,5-10,12H,1,4,11,13-14H2,2H3,(H,24,29). The van der Waals surface area contributed by atoms with Gasteiger partial charge in [0.05, 0.1) is 21.4 Å². The number of anilines is 1. The molecule has 0 unspecified atom stereocenters. The Balaban J connectivity index is 1.61. The number of aromatic nitrogens is 3. The highest BCUT2D eigenvalue weighted by atomic mass is 35.5. The molecule has 9 nitrogen and oxygen atoms in total. The lowest BCUT2D eigenvalue weighted by atomic mass is 10.2. The molecule has 11 heteroatoms.